The Bertz CT molecular complexity index is 330. The van der Waals surface area contributed by atoms with Gasteiger partial charge in [-0.2, -0.15) is 0 Å². The first kappa shape index (κ1) is 21.9. The van der Waals surface area contributed by atoms with Gasteiger partial charge < -0.3 is 9.80 Å². The van der Waals surface area contributed by atoms with Crippen LogP contribution in [0.2, 0.25) is 0 Å². The smallest absolute Gasteiger partial charge is 0.101 e. The Labute approximate surface area is 160 Å². The average molecular weight is 401 g/mol. The highest BCUT2D eigenvalue weighted by Crippen LogP contribution is 2.29. The van der Waals surface area contributed by atoms with Crippen molar-refractivity contribution in [3.8, 4) is 0 Å². The minimum absolute atomic E-state index is 0.575. The predicted octanol–water partition coefficient (Wildman–Crippen LogP) is 7.25. The molecule has 0 saturated heterocycles. The van der Waals surface area contributed by atoms with Crippen molar-refractivity contribution < 1.29 is 0 Å². The maximum atomic E-state index is 3.81. The van der Waals surface area contributed by atoms with Gasteiger partial charge in [0.2, 0.25) is 0 Å². The van der Waals surface area contributed by atoms with Crippen molar-refractivity contribution in [1.82, 2.24) is 9.80 Å². The summed E-state index contributed by atoms with van der Waals surface area (Å²) in [4.78, 5) is 5.15. The SMILES string of the molecule is CCCCCCCCN1C=C(Br)N(CCCCCCCC)C1CC. The van der Waals surface area contributed by atoms with Crippen LogP contribution in [0.3, 0.4) is 0 Å². The molecule has 142 valence electrons. The third-order valence-corrected chi connectivity index (χ3v) is 5.84. The van der Waals surface area contributed by atoms with E-state index < -0.39 is 0 Å². The lowest BCUT2D eigenvalue weighted by atomic mass is 10.1. The van der Waals surface area contributed by atoms with E-state index in [0.29, 0.717) is 6.17 Å². The highest BCUT2D eigenvalue weighted by molar-refractivity contribution is 9.11. The quantitative estimate of drug-likeness (QED) is 0.211. The van der Waals surface area contributed by atoms with Gasteiger partial charge in [0.05, 0.1) is 4.61 Å². The zero-order valence-corrected chi connectivity index (χ0v) is 18.1. The van der Waals surface area contributed by atoms with Gasteiger partial charge in [-0.3, -0.25) is 0 Å². The summed E-state index contributed by atoms with van der Waals surface area (Å²) in [6.45, 7) is 9.32. The predicted molar refractivity (Wildman–Crippen MR) is 111 cm³/mol. The molecule has 0 aromatic heterocycles. The number of halogens is 1. The topological polar surface area (TPSA) is 6.48 Å². The van der Waals surface area contributed by atoms with E-state index in [1.807, 2.05) is 0 Å². The fraction of sp³-hybridized carbons (Fsp3) is 0.905. The normalized spacial score (nSPS) is 17.7. The Balaban J connectivity index is 2.24. The number of hydrogen-bond acceptors (Lipinski definition) is 2. The molecular formula is C21H41BrN2. The Kier molecular flexibility index (Phi) is 12.8. The summed E-state index contributed by atoms with van der Waals surface area (Å²) in [7, 11) is 0. The lowest BCUT2D eigenvalue weighted by Gasteiger charge is -2.33. The molecule has 0 bridgehead atoms. The van der Waals surface area contributed by atoms with Crippen LogP contribution in [0, 0.1) is 0 Å². The van der Waals surface area contributed by atoms with Crippen LogP contribution in [0.25, 0.3) is 0 Å². The van der Waals surface area contributed by atoms with E-state index in [1.165, 1.54) is 101 Å². The summed E-state index contributed by atoms with van der Waals surface area (Å²) in [6, 6.07) is 0. The lowest BCUT2D eigenvalue weighted by Crippen LogP contribution is -2.39. The number of unbranched alkanes of at least 4 members (excludes halogenated alkanes) is 10. The molecule has 0 aliphatic carbocycles. The van der Waals surface area contributed by atoms with Gasteiger partial charge in [-0.25, -0.2) is 0 Å². The summed E-state index contributed by atoms with van der Waals surface area (Å²) in [5.74, 6) is 0. The second-order valence-electron chi connectivity index (χ2n) is 7.31. The maximum Gasteiger partial charge on any atom is 0.101 e. The van der Waals surface area contributed by atoms with Crippen molar-refractivity contribution in [2.75, 3.05) is 13.1 Å². The van der Waals surface area contributed by atoms with Crippen molar-refractivity contribution in [3.63, 3.8) is 0 Å². The van der Waals surface area contributed by atoms with Crippen molar-refractivity contribution in [2.45, 2.75) is 110 Å². The van der Waals surface area contributed by atoms with Crippen molar-refractivity contribution in [2.24, 2.45) is 0 Å². The first-order chi connectivity index (χ1) is 11.7. The molecule has 2 nitrogen and oxygen atoms in total. The third-order valence-electron chi connectivity index (χ3n) is 5.18. The van der Waals surface area contributed by atoms with E-state index in [0.717, 1.165) is 0 Å². The Morgan fingerprint density at radius 2 is 1.25 bits per heavy atom. The molecule has 0 saturated carbocycles. The molecule has 1 aliphatic heterocycles. The van der Waals surface area contributed by atoms with Crippen molar-refractivity contribution >= 4 is 15.9 Å². The van der Waals surface area contributed by atoms with E-state index in [9.17, 15) is 0 Å². The lowest BCUT2D eigenvalue weighted by molar-refractivity contribution is 0.142. The second-order valence-corrected chi connectivity index (χ2v) is 8.12. The molecule has 1 rings (SSSR count). The fourth-order valence-corrected chi connectivity index (χ4v) is 4.36. The largest absolute Gasteiger partial charge is 0.355 e. The highest BCUT2D eigenvalue weighted by Gasteiger charge is 2.28. The zero-order valence-electron chi connectivity index (χ0n) is 16.5. The molecule has 3 heteroatoms. The van der Waals surface area contributed by atoms with Gasteiger partial charge in [0.1, 0.15) is 6.17 Å². The molecule has 0 aromatic carbocycles. The molecule has 1 atom stereocenters. The highest BCUT2D eigenvalue weighted by atomic mass is 79.9. The van der Waals surface area contributed by atoms with Crippen LogP contribution < -0.4 is 0 Å². The molecule has 1 heterocycles. The van der Waals surface area contributed by atoms with Gasteiger partial charge in [-0.05, 0) is 35.2 Å². The average Bonchev–Trinajstić information content (AvgIpc) is 2.89. The third kappa shape index (κ3) is 8.27. The number of hydrogen-bond donors (Lipinski definition) is 0. The zero-order chi connectivity index (χ0) is 17.6. The van der Waals surface area contributed by atoms with Crippen LogP contribution in [0.4, 0.5) is 0 Å². The summed E-state index contributed by atoms with van der Waals surface area (Å²) in [5.41, 5.74) is 0. The van der Waals surface area contributed by atoms with Crippen LogP contribution >= 0.6 is 15.9 Å². The molecule has 0 radical (unpaired) electrons. The van der Waals surface area contributed by atoms with Crippen molar-refractivity contribution in [3.05, 3.63) is 10.8 Å². The summed E-state index contributed by atoms with van der Waals surface area (Å²) in [5, 5.41) is 0. The van der Waals surface area contributed by atoms with E-state index in [1.54, 1.807) is 0 Å². The van der Waals surface area contributed by atoms with Crippen LogP contribution in [0.15, 0.2) is 10.8 Å². The molecule has 0 spiro atoms. The van der Waals surface area contributed by atoms with Gasteiger partial charge >= 0.3 is 0 Å². The Hall–Kier alpha value is -0.180. The van der Waals surface area contributed by atoms with Crippen LogP contribution in [0.1, 0.15) is 104 Å². The van der Waals surface area contributed by atoms with Crippen molar-refractivity contribution in [1.29, 1.82) is 0 Å². The minimum atomic E-state index is 0.575. The van der Waals surface area contributed by atoms with Gasteiger partial charge in [0.15, 0.2) is 0 Å². The van der Waals surface area contributed by atoms with Gasteiger partial charge in [-0.1, -0.05) is 85.0 Å². The van der Waals surface area contributed by atoms with Crippen LogP contribution in [0.5, 0.6) is 0 Å². The monoisotopic (exact) mass is 400 g/mol. The van der Waals surface area contributed by atoms with E-state index in [-0.39, 0.29) is 0 Å². The Morgan fingerprint density at radius 3 is 1.79 bits per heavy atom. The molecule has 0 amide bonds. The first-order valence-corrected chi connectivity index (χ1v) is 11.4. The van der Waals surface area contributed by atoms with Gasteiger partial charge in [0, 0.05) is 19.3 Å². The minimum Gasteiger partial charge on any atom is -0.355 e. The van der Waals surface area contributed by atoms with E-state index >= 15 is 0 Å². The standard InChI is InChI=1S/C21H41BrN2/c1-4-7-9-11-13-15-17-23-19-20(22)24(21(23)6-3)18-16-14-12-10-8-5-2/h19,21H,4-18H2,1-3H3. The van der Waals surface area contributed by atoms with Gasteiger partial charge in [-0.15, -0.1) is 0 Å². The van der Waals surface area contributed by atoms with E-state index in [2.05, 4.69) is 52.7 Å². The first-order valence-electron chi connectivity index (χ1n) is 10.6. The molecule has 1 unspecified atom stereocenters. The Morgan fingerprint density at radius 1 is 0.750 bits per heavy atom. The van der Waals surface area contributed by atoms with Gasteiger partial charge in [0.25, 0.3) is 0 Å². The summed E-state index contributed by atoms with van der Waals surface area (Å²) < 4.78 is 1.30. The second kappa shape index (κ2) is 14.0. The molecule has 1 aliphatic rings. The van der Waals surface area contributed by atoms with E-state index in [4.69, 9.17) is 0 Å². The molecule has 24 heavy (non-hydrogen) atoms. The molecule has 0 fully saturated rings. The molecule has 0 aromatic rings. The van der Waals surface area contributed by atoms with Crippen LogP contribution in [-0.4, -0.2) is 29.1 Å². The summed E-state index contributed by atoms with van der Waals surface area (Å²) >= 11 is 3.81. The molecular weight excluding hydrogens is 360 g/mol. The number of rotatable bonds is 15. The maximum absolute atomic E-state index is 3.81. The summed E-state index contributed by atoms with van der Waals surface area (Å²) in [6.07, 6.45) is 20.7. The fourth-order valence-electron chi connectivity index (χ4n) is 3.68. The molecule has 0 N–H and O–H groups in total. The number of nitrogens with zero attached hydrogens (tertiary/aromatic N) is 2. The van der Waals surface area contributed by atoms with Crippen LogP contribution in [-0.2, 0) is 0 Å².